The van der Waals surface area contributed by atoms with Crippen molar-refractivity contribution in [3.05, 3.63) is 106 Å². The largest absolute Gasteiger partial charge is 0.497 e. The van der Waals surface area contributed by atoms with Gasteiger partial charge in [0.1, 0.15) is 18.1 Å². The summed E-state index contributed by atoms with van der Waals surface area (Å²) >= 11 is 0. The highest BCUT2D eigenvalue weighted by Gasteiger charge is 2.19. The molecule has 0 aliphatic carbocycles. The Morgan fingerprint density at radius 1 is 0.571 bits per heavy atom. The fourth-order valence-corrected chi connectivity index (χ4v) is 5.99. The van der Waals surface area contributed by atoms with Gasteiger partial charge in [-0.1, -0.05) is 42.5 Å². The van der Waals surface area contributed by atoms with Crippen LogP contribution in [0.2, 0.25) is 0 Å². The molecule has 0 fully saturated rings. The SMILES string of the molecule is COc1cc(CCN)c(-c2cc(C)c(-c3cc(CCN)c(OCc4ccccc4)c(CCN)c3)c(C)c2)c(CCN)c1. The van der Waals surface area contributed by atoms with Crippen LogP contribution in [0, 0.1) is 13.8 Å². The summed E-state index contributed by atoms with van der Waals surface area (Å²) in [6, 6.07) is 23.5. The fourth-order valence-electron chi connectivity index (χ4n) is 5.99. The number of rotatable bonds is 14. The third-order valence-corrected chi connectivity index (χ3v) is 7.74. The zero-order valence-corrected chi connectivity index (χ0v) is 25.3. The van der Waals surface area contributed by atoms with E-state index in [1.54, 1.807) is 7.11 Å². The number of hydrogen-bond donors (Lipinski definition) is 4. The van der Waals surface area contributed by atoms with Crippen molar-refractivity contribution in [2.75, 3.05) is 33.3 Å². The summed E-state index contributed by atoms with van der Waals surface area (Å²) in [7, 11) is 1.70. The predicted molar refractivity (Wildman–Crippen MR) is 175 cm³/mol. The van der Waals surface area contributed by atoms with Crippen LogP contribution in [0.5, 0.6) is 11.5 Å². The summed E-state index contributed by atoms with van der Waals surface area (Å²) in [6.45, 7) is 7.07. The van der Waals surface area contributed by atoms with Crippen molar-refractivity contribution in [2.45, 2.75) is 46.1 Å². The molecule has 8 N–H and O–H groups in total. The van der Waals surface area contributed by atoms with Gasteiger partial charge >= 0.3 is 0 Å². The smallest absolute Gasteiger partial charge is 0.126 e. The van der Waals surface area contributed by atoms with Gasteiger partial charge in [-0.3, -0.25) is 0 Å². The van der Waals surface area contributed by atoms with Crippen LogP contribution in [0.3, 0.4) is 0 Å². The predicted octanol–water partition coefficient (Wildman–Crippen LogP) is 5.23. The highest BCUT2D eigenvalue weighted by atomic mass is 16.5. The van der Waals surface area contributed by atoms with E-state index >= 15 is 0 Å². The maximum atomic E-state index is 6.44. The molecule has 0 aliphatic heterocycles. The maximum absolute atomic E-state index is 6.44. The number of nitrogens with two attached hydrogens (primary N) is 4. The number of benzene rings is 4. The van der Waals surface area contributed by atoms with Gasteiger partial charge in [-0.05, 0) is 151 Å². The summed E-state index contributed by atoms with van der Waals surface area (Å²) in [5, 5.41) is 0. The van der Waals surface area contributed by atoms with E-state index in [2.05, 4.69) is 62.4 Å². The van der Waals surface area contributed by atoms with E-state index in [0.29, 0.717) is 32.8 Å². The molecule has 0 spiro atoms. The highest BCUT2D eigenvalue weighted by molar-refractivity contribution is 5.81. The minimum atomic E-state index is 0.500. The van der Waals surface area contributed by atoms with E-state index in [1.807, 2.05) is 18.2 Å². The van der Waals surface area contributed by atoms with Gasteiger partial charge in [0.2, 0.25) is 0 Å². The second kappa shape index (κ2) is 15.0. The van der Waals surface area contributed by atoms with Gasteiger partial charge in [0, 0.05) is 0 Å². The normalized spacial score (nSPS) is 11.1. The maximum Gasteiger partial charge on any atom is 0.126 e. The molecule has 0 unspecified atom stereocenters. The third kappa shape index (κ3) is 7.20. The van der Waals surface area contributed by atoms with Crippen LogP contribution in [0.1, 0.15) is 38.9 Å². The number of aryl methyl sites for hydroxylation is 2. The Hall–Kier alpha value is -3.68. The minimum absolute atomic E-state index is 0.500. The summed E-state index contributed by atoms with van der Waals surface area (Å²) in [4.78, 5) is 0. The molecule has 0 aromatic heterocycles. The molecule has 0 saturated carbocycles. The van der Waals surface area contributed by atoms with Crippen LogP contribution in [0.4, 0.5) is 0 Å². The van der Waals surface area contributed by atoms with E-state index in [-0.39, 0.29) is 0 Å². The van der Waals surface area contributed by atoms with E-state index in [0.717, 1.165) is 59.4 Å². The van der Waals surface area contributed by atoms with Crippen molar-refractivity contribution in [3.8, 4) is 33.8 Å². The molecule has 0 heterocycles. The van der Waals surface area contributed by atoms with E-state index in [4.69, 9.17) is 32.4 Å². The highest BCUT2D eigenvalue weighted by Crippen LogP contribution is 2.39. The Labute approximate surface area is 251 Å². The quantitative estimate of drug-likeness (QED) is 0.166. The Bertz CT molecular complexity index is 1410. The lowest BCUT2D eigenvalue weighted by Gasteiger charge is -2.22. The van der Waals surface area contributed by atoms with Crippen LogP contribution < -0.4 is 32.4 Å². The van der Waals surface area contributed by atoms with Crippen molar-refractivity contribution in [2.24, 2.45) is 22.9 Å². The van der Waals surface area contributed by atoms with Crippen LogP contribution in [-0.2, 0) is 32.3 Å². The zero-order valence-electron chi connectivity index (χ0n) is 25.3. The Morgan fingerprint density at radius 3 is 1.52 bits per heavy atom. The minimum Gasteiger partial charge on any atom is -0.497 e. The van der Waals surface area contributed by atoms with Gasteiger partial charge in [0.25, 0.3) is 0 Å². The molecular formula is C36H46N4O2. The van der Waals surface area contributed by atoms with Gasteiger partial charge in [-0.15, -0.1) is 0 Å². The van der Waals surface area contributed by atoms with Crippen LogP contribution in [0.25, 0.3) is 22.3 Å². The zero-order chi connectivity index (χ0) is 30.1. The molecule has 4 aromatic carbocycles. The van der Waals surface area contributed by atoms with Crippen molar-refractivity contribution < 1.29 is 9.47 Å². The first-order valence-corrected chi connectivity index (χ1v) is 14.9. The van der Waals surface area contributed by atoms with Gasteiger partial charge in [-0.25, -0.2) is 0 Å². The second-order valence-corrected chi connectivity index (χ2v) is 10.9. The molecule has 6 nitrogen and oxygen atoms in total. The summed E-state index contributed by atoms with van der Waals surface area (Å²) in [5.41, 5.74) is 37.1. The van der Waals surface area contributed by atoms with Crippen LogP contribution in [-0.4, -0.2) is 33.3 Å². The molecular weight excluding hydrogens is 520 g/mol. The standard InChI is InChI=1S/C36H46N4O2/c1-24-17-31(35-27(9-13-37)21-33(41-3)22-28(35)10-14-38)18-25(2)34(24)32-19-29(11-15-39)36(30(20-32)12-16-40)42-23-26-7-5-4-6-8-26/h4-8,17-22H,9-16,23,37-40H2,1-3H3. The molecule has 42 heavy (non-hydrogen) atoms. The Kier molecular flexibility index (Phi) is 11.2. The molecule has 4 aromatic rings. The lowest BCUT2D eigenvalue weighted by molar-refractivity contribution is 0.300. The topological polar surface area (TPSA) is 123 Å². The molecule has 0 aliphatic rings. The van der Waals surface area contributed by atoms with Gasteiger partial charge in [-0.2, -0.15) is 0 Å². The number of hydrogen-bond acceptors (Lipinski definition) is 6. The average molecular weight is 567 g/mol. The molecule has 222 valence electrons. The second-order valence-electron chi connectivity index (χ2n) is 10.9. The summed E-state index contributed by atoms with van der Waals surface area (Å²) in [6.07, 6.45) is 2.98. The molecule has 4 rings (SSSR count). The number of methoxy groups -OCH3 is 1. The lowest BCUT2D eigenvalue weighted by atomic mass is 9.85. The summed E-state index contributed by atoms with van der Waals surface area (Å²) < 4.78 is 12.0. The van der Waals surface area contributed by atoms with Crippen LogP contribution in [0.15, 0.2) is 66.7 Å². The monoisotopic (exact) mass is 566 g/mol. The average Bonchev–Trinajstić information content (AvgIpc) is 2.97. The molecule has 0 bridgehead atoms. The van der Waals surface area contributed by atoms with Crippen LogP contribution >= 0.6 is 0 Å². The molecule has 0 atom stereocenters. The van der Waals surface area contributed by atoms with Gasteiger partial charge in [0.15, 0.2) is 0 Å². The first kappa shape index (κ1) is 31.3. The number of ether oxygens (including phenoxy) is 2. The van der Waals surface area contributed by atoms with Crippen molar-refractivity contribution >= 4 is 0 Å². The van der Waals surface area contributed by atoms with Crippen molar-refractivity contribution in [3.63, 3.8) is 0 Å². The first-order valence-electron chi connectivity index (χ1n) is 14.9. The van der Waals surface area contributed by atoms with E-state index in [1.165, 1.54) is 38.9 Å². The lowest BCUT2D eigenvalue weighted by Crippen LogP contribution is -2.11. The van der Waals surface area contributed by atoms with Gasteiger partial charge in [0.05, 0.1) is 7.11 Å². The van der Waals surface area contributed by atoms with Gasteiger partial charge < -0.3 is 32.4 Å². The Morgan fingerprint density at radius 2 is 1.05 bits per heavy atom. The molecule has 0 radical (unpaired) electrons. The van der Waals surface area contributed by atoms with Crippen molar-refractivity contribution in [1.29, 1.82) is 0 Å². The van der Waals surface area contributed by atoms with E-state index in [9.17, 15) is 0 Å². The Balaban J connectivity index is 1.82. The van der Waals surface area contributed by atoms with Crippen molar-refractivity contribution in [1.82, 2.24) is 0 Å². The van der Waals surface area contributed by atoms with E-state index < -0.39 is 0 Å². The summed E-state index contributed by atoms with van der Waals surface area (Å²) in [5.74, 6) is 1.74. The first-order chi connectivity index (χ1) is 20.4. The molecule has 0 saturated heterocycles. The molecule has 0 amide bonds. The third-order valence-electron chi connectivity index (χ3n) is 7.74. The molecule has 6 heteroatoms. The fraction of sp³-hybridized carbons (Fsp3) is 0.333.